The van der Waals surface area contributed by atoms with Crippen molar-refractivity contribution in [3.05, 3.63) is 41.3 Å². The molecule has 3 nitrogen and oxygen atoms in total. The summed E-state index contributed by atoms with van der Waals surface area (Å²) in [5.41, 5.74) is 0.590. The van der Waals surface area contributed by atoms with Crippen LogP contribution in [0, 0.1) is 5.82 Å². The minimum Gasteiger partial charge on any atom is -0.463 e. The Morgan fingerprint density at radius 3 is 3.00 bits per heavy atom. The van der Waals surface area contributed by atoms with E-state index < -0.39 is 11.8 Å². The molecule has 0 aliphatic carbocycles. The van der Waals surface area contributed by atoms with Crippen molar-refractivity contribution in [2.24, 2.45) is 0 Å². The summed E-state index contributed by atoms with van der Waals surface area (Å²) in [5, 5.41) is 2.79. The summed E-state index contributed by atoms with van der Waals surface area (Å²) in [4.78, 5) is 10.9. The van der Waals surface area contributed by atoms with Crippen LogP contribution >= 0.6 is 11.6 Å². The molecule has 5 heteroatoms. The molecule has 1 aromatic rings. The Balaban J connectivity index is 2.54. The average molecular weight is 244 g/mol. The Bertz CT molecular complexity index is 407. The topological polar surface area (TPSA) is 38.3 Å². The summed E-state index contributed by atoms with van der Waals surface area (Å²) in [6.07, 6.45) is 2.64. The lowest BCUT2D eigenvalue weighted by Crippen LogP contribution is -2.00. The lowest BCUT2D eigenvalue weighted by Gasteiger charge is -2.01. The monoisotopic (exact) mass is 243 g/mol. The van der Waals surface area contributed by atoms with Gasteiger partial charge in [0.25, 0.3) is 0 Å². The van der Waals surface area contributed by atoms with Gasteiger partial charge in [-0.3, -0.25) is 0 Å². The fourth-order valence-electron chi connectivity index (χ4n) is 0.982. The van der Waals surface area contributed by atoms with E-state index in [0.29, 0.717) is 12.3 Å². The number of anilines is 1. The fourth-order valence-corrected chi connectivity index (χ4v) is 1.16. The highest BCUT2D eigenvalue weighted by Crippen LogP contribution is 2.19. The van der Waals surface area contributed by atoms with Gasteiger partial charge in [-0.2, -0.15) is 0 Å². The summed E-state index contributed by atoms with van der Waals surface area (Å²) in [7, 11) is 0. The van der Waals surface area contributed by atoms with Crippen LogP contribution < -0.4 is 5.32 Å². The molecule has 0 amide bonds. The van der Waals surface area contributed by atoms with Gasteiger partial charge < -0.3 is 10.1 Å². The van der Waals surface area contributed by atoms with E-state index in [1.54, 1.807) is 6.92 Å². The first kappa shape index (κ1) is 12.5. The van der Waals surface area contributed by atoms with E-state index in [4.69, 9.17) is 11.6 Å². The van der Waals surface area contributed by atoms with E-state index in [2.05, 4.69) is 10.1 Å². The van der Waals surface area contributed by atoms with Crippen molar-refractivity contribution in [2.75, 3.05) is 11.9 Å². The molecule has 1 rings (SSSR count). The maximum atomic E-state index is 12.8. The standard InChI is InChI=1S/C11H11ClFNO2/c1-2-16-11(15)5-6-14-8-3-4-10(13)9(12)7-8/h3-7,14H,2H2,1H3. The zero-order chi connectivity index (χ0) is 12.0. The smallest absolute Gasteiger partial charge is 0.332 e. The van der Waals surface area contributed by atoms with E-state index in [1.807, 2.05) is 0 Å². The number of ether oxygens (including phenoxy) is 1. The lowest BCUT2D eigenvalue weighted by molar-refractivity contribution is -0.137. The van der Waals surface area contributed by atoms with Gasteiger partial charge in [-0.05, 0) is 25.1 Å². The van der Waals surface area contributed by atoms with Gasteiger partial charge in [0.2, 0.25) is 0 Å². The van der Waals surface area contributed by atoms with E-state index in [1.165, 1.54) is 30.5 Å². The first-order chi connectivity index (χ1) is 7.63. The zero-order valence-electron chi connectivity index (χ0n) is 8.67. The second-order valence-electron chi connectivity index (χ2n) is 2.86. The molecule has 0 aromatic heterocycles. The predicted molar refractivity (Wildman–Crippen MR) is 60.8 cm³/mol. The highest BCUT2D eigenvalue weighted by atomic mass is 35.5. The zero-order valence-corrected chi connectivity index (χ0v) is 9.42. The Hall–Kier alpha value is -1.55. The Morgan fingerprint density at radius 2 is 2.38 bits per heavy atom. The van der Waals surface area contributed by atoms with Crippen molar-refractivity contribution in [1.29, 1.82) is 0 Å². The first-order valence-corrected chi connectivity index (χ1v) is 5.06. The number of benzene rings is 1. The molecule has 0 aliphatic heterocycles. The Morgan fingerprint density at radius 1 is 1.62 bits per heavy atom. The SMILES string of the molecule is CCOC(=O)C=CNc1ccc(F)c(Cl)c1. The van der Waals surface area contributed by atoms with Gasteiger partial charge in [-0.25, -0.2) is 9.18 Å². The van der Waals surface area contributed by atoms with E-state index >= 15 is 0 Å². The molecule has 0 spiro atoms. The molecule has 1 N–H and O–H groups in total. The molecule has 0 heterocycles. The average Bonchev–Trinajstić information content (AvgIpc) is 2.24. The number of hydrogen-bond acceptors (Lipinski definition) is 3. The molecule has 16 heavy (non-hydrogen) atoms. The normalized spacial score (nSPS) is 10.4. The van der Waals surface area contributed by atoms with Gasteiger partial charge in [0, 0.05) is 18.0 Å². The molecule has 0 saturated carbocycles. The molecule has 0 saturated heterocycles. The minimum atomic E-state index is -0.485. The maximum absolute atomic E-state index is 12.8. The second kappa shape index (κ2) is 6.12. The first-order valence-electron chi connectivity index (χ1n) is 4.68. The molecule has 86 valence electrons. The second-order valence-corrected chi connectivity index (χ2v) is 3.27. The number of hydrogen-bond donors (Lipinski definition) is 1. The van der Waals surface area contributed by atoms with E-state index in [0.717, 1.165) is 0 Å². The molecule has 1 aromatic carbocycles. The Kier molecular flexibility index (Phi) is 4.79. The fraction of sp³-hybridized carbons (Fsp3) is 0.182. The number of esters is 1. The highest BCUT2D eigenvalue weighted by Gasteiger charge is 1.99. The van der Waals surface area contributed by atoms with E-state index in [9.17, 15) is 9.18 Å². The van der Waals surface area contributed by atoms with Crippen LogP contribution in [0.4, 0.5) is 10.1 Å². The minimum absolute atomic E-state index is 0.0227. The van der Waals surface area contributed by atoms with Crippen LogP contribution in [0.3, 0.4) is 0 Å². The summed E-state index contributed by atoms with van der Waals surface area (Å²) in [6, 6.07) is 4.17. The number of halogens is 2. The van der Waals surface area contributed by atoms with Gasteiger partial charge in [0.1, 0.15) is 5.82 Å². The van der Waals surface area contributed by atoms with Crippen LogP contribution in [0.1, 0.15) is 6.92 Å². The third-order valence-corrected chi connectivity index (χ3v) is 1.97. The van der Waals surface area contributed by atoms with Crippen molar-refractivity contribution >= 4 is 23.3 Å². The van der Waals surface area contributed by atoms with Gasteiger partial charge in [0.15, 0.2) is 0 Å². The van der Waals surface area contributed by atoms with Crippen LogP contribution in [-0.4, -0.2) is 12.6 Å². The van der Waals surface area contributed by atoms with Crippen LogP contribution in [-0.2, 0) is 9.53 Å². The predicted octanol–water partition coefficient (Wildman–Crippen LogP) is 2.97. The molecule has 0 bridgehead atoms. The van der Waals surface area contributed by atoms with Crippen molar-refractivity contribution in [3.8, 4) is 0 Å². The number of rotatable bonds is 4. The summed E-state index contributed by atoms with van der Waals surface area (Å²) < 4.78 is 17.5. The van der Waals surface area contributed by atoms with Gasteiger partial charge in [0.05, 0.1) is 11.6 Å². The van der Waals surface area contributed by atoms with Crippen molar-refractivity contribution in [2.45, 2.75) is 6.92 Å². The number of nitrogens with one attached hydrogen (secondary N) is 1. The molecule has 0 radical (unpaired) electrons. The molecular weight excluding hydrogens is 233 g/mol. The van der Waals surface area contributed by atoms with Crippen LogP contribution in [0.15, 0.2) is 30.5 Å². The summed E-state index contributed by atoms with van der Waals surface area (Å²) >= 11 is 5.57. The number of carbonyl (C=O) groups excluding carboxylic acids is 1. The largest absolute Gasteiger partial charge is 0.463 e. The molecule has 0 atom stereocenters. The van der Waals surface area contributed by atoms with Crippen molar-refractivity contribution in [3.63, 3.8) is 0 Å². The summed E-state index contributed by atoms with van der Waals surface area (Å²) in [6.45, 7) is 2.05. The third kappa shape index (κ3) is 3.90. The Labute approximate surface area is 97.9 Å². The molecule has 0 aliphatic rings. The van der Waals surface area contributed by atoms with Gasteiger partial charge in [-0.15, -0.1) is 0 Å². The lowest BCUT2D eigenvalue weighted by atomic mass is 10.3. The third-order valence-electron chi connectivity index (χ3n) is 1.68. The van der Waals surface area contributed by atoms with Crippen molar-refractivity contribution in [1.82, 2.24) is 0 Å². The van der Waals surface area contributed by atoms with Gasteiger partial charge in [-0.1, -0.05) is 11.6 Å². The van der Waals surface area contributed by atoms with E-state index in [-0.39, 0.29) is 5.02 Å². The van der Waals surface area contributed by atoms with Crippen LogP contribution in [0.5, 0.6) is 0 Å². The number of carbonyl (C=O) groups is 1. The quantitative estimate of drug-likeness (QED) is 0.653. The molecule has 0 fully saturated rings. The molecular formula is C11H11ClFNO2. The summed E-state index contributed by atoms with van der Waals surface area (Å²) in [5.74, 6) is -0.926. The highest BCUT2D eigenvalue weighted by molar-refractivity contribution is 6.31. The van der Waals surface area contributed by atoms with Crippen molar-refractivity contribution < 1.29 is 13.9 Å². The maximum Gasteiger partial charge on any atom is 0.332 e. The van der Waals surface area contributed by atoms with Crippen LogP contribution in [0.2, 0.25) is 5.02 Å². The van der Waals surface area contributed by atoms with Crippen LogP contribution in [0.25, 0.3) is 0 Å². The van der Waals surface area contributed by atoms with Gasteiger partial charge >= 0.3 is 5.97 Å². The molecule has 0 unspecified atom stereocenters.